The molecule has 0 aliphatic rings. The van der Waals surface area contributed by atoms with Gasteiger partial charge in [0.15, 0.2) is 0 Å². The van der Waals surface area contributed by atoms with Crippen LogP contribution in [0.25, 0.3) is 0 Å². The largest absolute Gasteiger partial charge is 0.320 e. The summed E-state index contributed by atoms with van der Waals surface area (Å²) in [4.78, 5) is 11.9. The molecule has 0 saturated heterocycles. The van der Waals surface area contributed by atoms with E-state index in [2.05, 4.69) is 21.2 Å². The molecular formula is C13H6BrCl2F2NO. The van der Waals surface area contributed by atoms with E-state index in [-0.39, 0.29) is 15.2 Å². The normalized spacial score (nSPS) is 10.4. The summed E-state index contributed by atoms with van der Waals surface area (Å²) in [7, 11) is 0. The van der Waals surface area contributed by atoms with E-state index in [1.165, 1.54) is 18.2 Å². The van der Waals surface area contributed by atoms with E-state index < -0.39 is 23.1 Å². The van der Waals surface area contributed by atoms with Crippen molar-refractivity contribution < 1.29 is 13.6 Å². The third-order valence-electron chi connectivity index (χ3n) is 2.41. The van der Waals surface area contributed by atoms with Gasteiger partial charge in [0.25, 0.3) is 5.91 Å². The number of nitrogens with one attached hydrogen (secondary N) is 1. The van der Waals surface area contributed by atoms with Crippen LogP contribution in [0.2, 0.25) is 10.0 Å². The number of carbonyl (C=O) groups is 1. The first-order valence-electron chi connectivity index (χ1n) is 5.29. The fraction of sp³-hybridized carbons (Fsp3) is 0. The number of benzene rings is 2. The molecule has 104 valence electrons. The van der Waals surface area contributed by atoms with Gasteiger partial charge in [-0.05, 0) is 30.3 Å². The minimum atomic E-state index is -0.979. The molecule has 2 aromatic carbocycles. The summed E-state index contributed by atoms with van der Waals surface area (Å²) in [6.45, 7) is 0. The summed E-state index contributed by atoms with van der Waals surface area (Å²) in [6.07, 6.45) is 0. The van der Waals surface area contributed by atoms with Gasteiger partial charge in [-0.3, -0.25) is 4.79 Å². The van der Waals surface area contributed by atoms with Gasteiger partial charge in [-0.25, -0.2) is 8.78 Å². The van der Waals surface area contributed by atoms with Crippen LogP contribution in [0.5, 0.6) is 0 Å². The third-order valence-corrected chi connectivity index (χ3v) is 3.43. The lowest BCUT2D eigenvalue weighted by Gasteiger charge is -2.09. The summed E-state index contributed by atoms with van der Waals surface area (Å²) < 4.78 is 27.5. The highest BCUT2D eigenvalue weighted by molar-refractivity contribution is 9.10. The zero-order valence-electron chi connectivity index (χ0n) is 9.68. The van der Waals surface area contributed by atoms with E-state index in [1.54, 1.807) is 0 Å². The summed E-state index contributed by atoms with van der Waals surface area (Å²) >= 11 is 14.6. The number of amides is 1. The Kier molecular flexibility index (Phi) is 4.62. The van der Waals surface area contributed by atoms with Gasteiger partial charge in [-0.1, -0.05) is 39.1 Å². The Morgan fingerprint density at radius 2 is 1.70 bits per heavy atom. The summed E-state index contributed by atoms with van der Waals surface area (Å²) in [5, 5.41) is 2.86. The molecule has 0 aliphatic carbocycles. The fourth-order valence-corrected chi connectivity index (χ4v) is 2.28. The summed E-state index contributed by atoms with van der Waals surface area (Å²) in [5.74, 6) is -2.91. The van der Waals surface area contributed by atoms with Crippen molar-refractivity contribution in [1.82, 2.24) is 0 Å². The van der Waals surface area contributed by atoms with Crippen molar-refractivity contribution in [3.8, 4) is 0 Å². The molecule has 20 heavy (non-hydrogen) atoms. The molecule has 7 heteroatoms. The standard InChI is InChI=1S/C13H6BrCl2F2NO/c14-6-3-9(17)12(10(18)4-6)13(20)19-11-5-7(15)1-2-8(11)16/h1-5H,(H,19,20). The number of carbonyl (C=O) groups excluding carboxylic acids is 1. The van der Waals surface area contributed by atoms with E-state index in [0.29, 0.717) is 5.02 Å². The Morgan fingerprint density at radius 3 is 2.30 bits per heavy atom. The molecule has 0 unspecified atom stereocenters. The van der Waals surface area contributed by atoms with Gasteiger partial charge in [0.1, 0.15) is 17.2 Å². The van der Waals surface area contributed by atoms with E-state index in [9.17, 15) is 13.6 Å². The molecule has 2 rings (SSSR count). The van der Waals surface area contributed by atoms with Crippen LogP contribution in [-0.2, 0) is 0 Å². The van der Waals surface area contributed by atoms with Crippen LogP contribution in [0.1, 0.15) is 10.4 Å². The lowest BCUT2D eigenvalue weighted by molar-refractivity contribution is 0.101. The molecule has 1 amide bonds. The van der Waals surface area contributed by atoms with Gasteiger partial charge < -0.3 is 5.32 Å². The smallest absolute Gasteiger partial charge is 0.261 e. The molecule has 0 aliphatic heterocycles. The minimum absolute atomic E-state index is 0.172. The zero-order chi connectivity index (χ0) is 14.9. The number of rotatable bonds is 2. The molecule has 0 radical (unpaired) electrons. The van der Waals surface area contributed by atoms with Crippen LogP contribution in [0.15, 0.2) is 34.8 Å². The second-order valence-electron chi connectivity index (χ2n) is 3.82. The molecule has 0 heterocycles. The Labute approximate surface area is 131 Å². The molecule has 0 bridgehead atoms. The zero-order valence-corrected chi connectivity index (χ0v) is 12.8. The van der Waals surface area contributed by atoms with Crippen LogP contribution in [-0.4, -0.2) is 5.91 Å². The lowest BCUT2D eigenvalue weighted by Crippen LogP contribution is -2.16. The third kappa shape index (κ3) is 3.29. The van der Waals surface area contributed by atoms with Crippen molar-refractivity contribution in [3.63, 3.8) is 0 Å². The van der Waals surface area contributed by atoms with Crippen molar-refractivity contribution in [1.29, 1.82) is 0 Å². The number of halogens is 5. The van der Waals surface area contributed by atoms with Crippen LogP contribution in [0, 0.1) is 11.6 Å². The first-order valence-corrected chi connectivity index (χ1v) is 6.84. The predicted octanol–water partition coefficient (Wildman–Crippen LogP) is 5.29. The molecular weight excluding hydrogens is 375 g/mol. The summed E-state index contributed by atoms with van der Waals surface area (Å²) in [5.41, 5.74) is -0.518. The minimum Gasteiger partial charge on any atom is -0.320 e. The second kappa shape index (κ2) is 6.08. The molecule has 0 fully saturated rings. The maximum absolute atomic E-state index is 13.7. The fourth-order valence-electron chi connectivity index (χ4n) is 1.54. The SMILES string of the molecule is O=C(Nc1cc(Cl)ccc1Cl)c1c(F)cc(Br)cc1F. The lowest BCUT2D eigenvalue weighted by atomic mass is 10.1. The molecule has 2 aromatic rings. The Morgan fingerprint density at radius 1 is 1.10 bits per heavy atom. The van der Waals surface area contributed by atoms with Crippen LogP contribution in [0.3, 0.4) is 0 Å². The molecule has 0 saturated carbocycles. The Balaban J connectivity index is 2.36. The Bertz CT molecular complexity index is 671. The number of anilines is 1. The highest BCUT2D eigenvalue weighted by Gasteiger charge is 2.19. The van der Waals surface area contributed by atoms with Gasteiger partial charge in [0.05, 0.1) is 10.7 Å². The van der Waals surface area contributed by atoms with Gasteiger partial charge in [0.2, 0.25) is 0 Å². The van der Waals surface area contributed by atoms with Crippen LogP contribution in [0.4, 0.5) is 14.5 Å². The average Bonchev–Trinajstić information content (AvgIpc) is 2.32. The molecule has 1 N–H and O–H groups in total. The van der Waals surface area contributed by atoms with Crippen molar-refractivity contribution in [2.24, 2.45) is 0 Å². The van der Waals surface area contributed by atoms with Gasteiger partial charge in [-0.2, -0.15) is 0 Å². The quantitative estimate of drug-likeness (QED) is 0.753. The highest BCUT2D eigenvalue weighted by Crippen LogP contribution is 2.27. The first-order chi connectivity index (χ1) is 9.38. The average molecular weight is 381 g/mol. The van der Waals surface area contributed by atoms with Crippen molar-refractivity contribution in [2.45, 2.75) is 0 Å². The predicted molar refractivity (Wildman–Crippen MR) is 78.5 cm³/mol. The van der Waals surface area contributed by atoms with E-state index in [0.717, 1.165) is 12.1 Å². The number of hydrogen-bond acceptors (Lipinski definition) is 1. The van der Waals surface area contributed by atoms with Crippen molar-refractivity contribution >= 4 is 50.7 Å². The highest BCUT2D eigenvalue weighted by atomic mass is 79.9. The van der Waals surface area contributed by atoms with Crippen LogP contribution >= 0.6 is 39.1 Å². The van der Waals surface area contributed by atoms with Crippen molar-refractivity contribution in [2.75, 3.05) is 5.32 Å². The molecule has 0 spiro atoms. The summed E-state index contributed by atoms with van der Waals surface area (Å²) in [6, 6.07) is 6.37. The van der Waals surface area contributed by atoms with Crippen LogP contribution < -0.4 is 5.32 Å². The monoisotopic (exact) mass is 379 g/mol. The van der Waals surface area contributed by atoms with Gasteiger partial charge in [-0.15, -0.1) is 0 Å². The molecule has 2 nitrogen and oxygen atoms in total. The van der Waals surface area contributed by atoms with Crippen molar-refractivity contribution in [3.05, 3.63) is 62.0 Å². The van der Waals surface area contributed by atoms with E-state index in [4.69, 9.17) is 23.2 Å². The maximum Gasteiger partial charge on any atom is 0.261 e. The molecule has 0 atom stereocenters. The maximum atomic E-state index is 13.7. The van der Waals surface area contributed by atoms with Gasteiger partial charge >= 0.3 is 0 Å². The van der Waals surface area contributed by atoms with E-state index in [1.807, 2.05) is 0 Å². The Hall–Kier alpha value is -1.17. The topological polar surface area (TPSA) is 29.1 Å². The molecule has 0 aromatic heterocycles. The first kappa shape index (κ1) is 15.2. The second-order valence-corrected chi connectivity index (χ2v) is 5.58. The van der Waals surface area contributed by atoms with Gasteiger partial charge in [0, 0.05) is 9.50 Å². The van der Waals surface area contributed by atoms with E-state index >= 15 is 0 Å². The number of hydrogen-bond donors (Lipinski definition) is 1.